The Kier molecular flexibility index (Phi) is 6.06. The number of hydrogen-bond donors (Lipinski definition) is 1. The van der Waals surface area contributed by atoms with Crippen LogP contribution in [0.1, 0.15) is 32.9 Å². The molecule has 0 bridgehead atoms. The third kappa shape index (κ3) is 4.34. The van der Waals surface area contributed by atoms with Crippen molar-refractivity contribution in [2.75, 3.05) is 39.4 Å². The number of ether oxygens (including phenoxy) is 1. The summed E-state index contributed by atoms with van der Waals surface area (Å²) in [6.45, 7) is 8.52. The Labute approximate surface area is 174 Å². The Bertz CT molecular complexity index is 1040. The molecular formula is C22H26FN5O2. The summed E-state index contributed by atoms with van der Waals surface area (Å²) in [7, 11) is 0. The Morgan fingerprint density at radius 1 is 1.20 bits per heavy atom. The van der Waals surface area contributed by atoms with Crippen LogP contribution in [-0.4, -0.2) is 64.8 Å². The number of aryl methyl sites for hydroxylation is 2. The molecule has 2 aromatic heterocycles. The van der Waals surface area contributed by atoms with Crippen molar-refractivity contribution in [3.8, 4) is 0 Å². The van der Waals surface area contributed by atoms with Gasteiger partial charge >= 0.3 is 0 Å². The van der Waals surface area contributed by atoms with Crippen LogP contribution in [0.15, 0.2) is 30.5 Å². The summed E-state index contributed by atoms with van der Waals surface area (Å²) in [4.78, 5) is 19.6. The average Bonchev–Trinajstić information content (AvgIpc) is 3.17. The molecule has 0 atom stereocenters. The smallest absolute Gasteiger partial charge is 0.256 e. The van der Waals surface area contributed by atoms with Crippen molar-refractivity contribution in [1.82, 2.24) is 24.8 Å². The molecule has 4 rings (SSSR count). The average molecular weight is 411 g/mol. The summed E-state index contributed by atoms with van der Waals surface area (Å²) >= 11 is 0. The number of aromatic nitrogens is 3. The van der Waals surface area contributed by atoms with Crippen LogP contribution in [0.25, 0.3) is 5.65 Å². The van der Waals surface area contributed by atoms with Crippen molar-refractivity contribution in [3.05, 3.63) is 64.4 Å². The number of morpholine rings is 1. The first-order valence-corrected chi connectivity index (χ1v) is 10.2. The lowest BCUT2D eigenvalue weighted by atomic mass is 10.0. The number of carbonyl (C=O) groups is 1. The largest absolute Gasteiger partial charge is 0.379 e. The molecule has 3 aromatic rings. The van der Waals surface area contributed by atoms with Crippen LogP contribution < -0.4 is 5.32 Å². The summed E-state index contributed by atoms with van der Waals surface area (Å²) in [5.74, 6) is -0.423. The zero-order valence-electron chi connectivity index (χ0n) is 17.3. The highest BCUT2D eigenvalue weighted by Crippen LogP contribution is 2.20. The SMILES string of the molecule is Cc1nc2c(C(=O)NCCN3CCOCC3)cnn2c(C)c1Cc1ccc(F)cc1. The van der Waals surface area contributed by atoms with Crippen LogP contribution in [0.5, 0.6) is 0 Å². The Balaban J connectivity index is 1.50. The van der Waals surface area contributed by atoms with Gasteiger partial charge in [0.05, 0.1) is 19.4 Å². The van der Waals surface area contributed by atoms with E-state index in [0.29, 0.717) is 24.2 Å². The molecule has 1 aliphatic rings. The van der Waals surface area contributed by atoms with Crippen LogP contribution in [0, 0.1) is 19.7 Å². The van der Waals surface area contributed by atoms with Gasteiger partial charge in [0.15, 0.2) is 5.65 Å². The van der Waals surface area contributed by atoms with Crippen LogP contribution in [-0.2, 0) is 11.2 Å². The Morgan fingerprint density at radius 2 is 1.93 bits per heavy atom. The van der Waals surface area contributed by atoms with Gasteiger partial charge in [-0.25, -0.2) is 13.9 Å². The van der Waals surface area contributed by atoms with E-state index in [2.05, 4.69) is 20.3 Å². The number of nitrogens with zero attached hydrogens (tertiary/aromatic N) is 4. The molecule has 7 nitrogen and oxygen atoms in total. The van der Waals surface area contributed by atoms with Crippen LogP contribution in [0.2, 0.25) is 0 Å². The molecule has 0 aliphatic carbocycles. The molecule has 0 radical (unpaired) electrons. The zero-order valence-corrected chi connectivity index (χ0v) is 17.3. The predicted molar refractivity (Wildman–Crippen MR) is 111 cm³/mol. The van der Waals surface area contributed by atoms with Crippen molar-refractivity contribution < 1.29 is 13.9 Å². The van der Waals surface area contributed by atoms with Crippen molar-refractivity contribution in [2.45, 2.75) is 20.3 Å². The summed E-state index contributed by atoms with van der Waals surface area (Å²) < 4.78 is 20.2. The maximum atomic E-state index is 13.2. The van der Waals surface area contributed by atoms with Gasteiger partial charge in [-0.2, -0.15) is 5.10 Å². The normalized spacial score (nSPS) is 14.9. The predicted octanol–water partition coefficient (Wildman–Crippen LogP) is 2.14. The van der Waals surface area contributed by atoms with E-state index in [9.17, 15) is 9.18 Å². The molecule has 1 fully saturated rings. The molecule has 158 valence electrons. The van der Waals surface area contributed by atoms with Gasteiger partial charge in [-0.05, 0) is 37.1 Å². The van der Waals surface area contributed by atoms with Gasteiger partial charge in [-0.1, -0.05) is 12.1 Å². The second-order valence-corrected chi connectivity index (χ2v) is 7.57. The first-order chi connectivity index (χ1) is 14.5. The topological polar surface area (TPSA) is 71.8 Å². The molecule has 1 saturated heterocycles. The van der Waals surface area contributed by atoms with Crippen molar-refractivity contribution in [3.63, 3.8) is 0 Å². The monoisotopic (exact) mass is 411 g/mol. The van der Waals surface area contributed by atoms with E-state index in [4.69, 9.17) is 4.74 Å². The van der Waals surface area contributed by atoms with E-state index in [1.165, 1.54) is 12.1 Å². The quantitative estimate of drug-likeness (QED) is 0.673. The first-order valence-electron chi connectivity index (χ1n) is 10.2. The molecular weight excluding hydrogens is 385 g/mol. The zero-order chi connectivity index (χ0) is 21.1. The van der Waals surface area contributed by atoms with Gasteiger partial charge < -0.3 is 10.1 Å². The van der Waals surface area contributed by atoms with Gasteiger partial charge in [0, 0.05) is 44.0 Å². The molecule has 0 saturated carbocycles. The van der Waals surface area contributed by atoms with Gasteiger partial charge in [0.1, 0.15) is 11.4 Å². The number of amides is 1. The standard InChI is InChI=1S/C22H26FN5O2/c1-15-19(13-17-3-5-18(23)6-4-17)16(2)28-21(26-15)20(14-25-28)22(29)24-7-8-27-9-11-30-12-10-27/h3-6,14H,7-13H2,1-2H3,(H,24,29). The molecule has 1 aliphatic heterocycles. The van der Waals surface area contributed by atoms with Crippen LogP contribution >= 0.6 is 0 Å². The van der Waals surface area contributed by atoms with Gasteiger partial charge in [-0.15, -0.1) is 0 Å². The maximum absolute atomic E-state index is 13.2. The number of carbonyl (C=O) groups excluding carboxylic acids is 1. The van der Waals surface area contributed by atoms with E-state index in [1.807, 2.05) is 13.8 Å². The minimum absolute atomic E-state index is 0.171. The Morgan fingerprint density at radius 3 is 2.67 bits per heavy atom. The number of benzene rings is 1. The summed E-state index contributed by atoms with van der Waals surface area (Å²) in [6, 6.07) is 6.46. The summed E-state index contributed by atoms with van der Waals surface area (Å²) in [5, 5.41) is 7.37. The van der Waals surface area contributed by atoms with Crippen molar-refractivity contribution in [1.29, 1.82) is 0 Å². The third-order valence-corrected chi connectivity index (χ3v) is 5.56. The molecule has 30 heavy (non-hydrogen) atoms. The van der Waals surface area contributed by atoms with Gasteiger partial charge in [0.25, 0.3) is 5.91 Å². The fourth-order valence-corrected chi connectivity index (χ4v) is 3.78. The van der Waals surface area contributed by atoms with E-state index >= 15 is 0 Å². The van der Waals surface area contributed by atoms with Gasteiger partial charge in [0.2, 0.25) is 0 Å². The number of hydrogen-bond acceptors (Lipinski definition) is 5. The first kappa shape index (κ1) is 20.4. The molecule has 0 unspecified atom stereocenters. The number of halogens is 1. The second-order valence-electron chi connectivity index (χ2n) is 7.57. The number of fused-ring (bicyclic) bond motifs is 1. The lowest BCUT2D eigenvalue weighted by Crippen LogP contribution is -2.41. The number of rotatable bonds is 6. The summed E-state index contributed by atoms with van der Waals surface area (Å²) in [6.07, 6.45) is 2.20. The lowest BCUT2D eigenvalue weighted by Gasteiger charge is -2.26. The minimum Gasteiger partial charge on any atom is -0.379 e. The number of nitrogens with one attached hydrogen (secondary N) is 1. The molecule has 1 N–H and O–H groups in total. The van der Waals surface area contributed by atoms with Crippen LogP contribution in [0.3, 0.4) is 0 Å². The molecule has 8 heteroatoms. The lowest BCUT2D eigenvalue weighted by molar-refractivity contribution is 0.0383. The van der Waals surface area contributed by atoms with E-state index in [-0.39, 0.29) is 11.7 Å². The van der Waals surface area contributed by atoms with E-state index < -0.39 is 0 Å². The fourth-order valence-electron chi connectivity index (χ4n) is 3.78. The highest BCUT2D eigenvalue weighted by Gasteiger charge is 2.19. The van der Waals surface area contributed by atoms with E-state index in [1.54, 1.807) is 22.8 Å². The highest BCUT2D eigenvalue weighted by atomic mass is 19.1. The molecule has 1 aromatic carbocycles. The van der Waals surface area contributed by atoms with Gasteiger partial charge in [-0.3, -0.25) is 9.69 Å². The second kappa shape index (κ2) is 8.89. The fraction of sp³-hybridized carbons (Fsp3) is 0.409. The minimum atomic E-state index is -0.253. The molecule has 0 spiro atoms. The van der Waals surface area contributed by atoms with Crippen LogP contribution in [0.4, 0.5) is 4.39 Å². The maximum Gasteiger partial charge on any atom is 0.256 e. The van der Waals surface area contributed by atoms with Crippen molar-refractivity contribution >= 4 is 11.6 Å². The molecule has 3 heterocycles. The van der Waals surface area contributed by atoms with E-state index in [0.717, 1.165) is 55.4 Å². The van der Waals surface area contributed by atoms with Crippen molar-refractivity contribution in [2.24, 2.45) is 0 Å². The highest BCUT2D eigenvalue weighted by molar-refractivity contribution is 5.99. The molecule has 1 amide bonds. The Hall–Kier alpha value is -2.84. The third-order valence-electron chi connectivity index (χ3n) is 5.56. The summed E-state index contributed by atoms with van der Waals surface area (Å²) in [5.41, 5.74) is 4.81.